The van der Waals surface area contributed by atoms with E-state index in [4.69, 9.17) is 4.74 Å². The Balaban J connectivity index is 1.96. The fourth-order valence-electron chi connectivity index (χ4n) is 3.97. The first kappa shape index (κ1) is 12.7. The molecular weight excluding hydrogens is 238 g/mol. The molecule has 19 heavy (non-hydrogen) atoms. The summed E-state index contributed by atoms with van der Waals surface area (Å²) in [5, 5.41) is 0. The molecule has 0 saturated carbocycles. The Morgan fingerprint density at radius 3 is 2.68 bits per heavy atom. The smallest absolute Gasteiger partial charge is 0.310 e. The van der Waals surface area contributed by atoms with E-state index in [-0.39, 0.29) is 11.9 Å². The fourth-order valence-corrected chi connectivity index (χ4v) is 3.97. The number of fused-ring (bicyclic) bond motifs is 2. The van der Waals surface area contributed by atoms with Crippen LogP contribution in [-0.4, -0.2) is 37.1 Å². The molecule has 1 aromatic carbocycles. The summed E-state index contributed by atoms with van der Waals surface area (Å²) in [5.41, 5.74) is 1.28. The number of nitrogens with zero attached hydrogens (tertiary/aromatic N) is 1. The van der Waals surface area contributed by atoms with Gasteiger partial charge in [0.15, 0.2) is 0 Å². The second kappa shape index (κ2) is 4.97. The molecule has 3 nitrogen and oxygen atoms in total. The van der Waals surface area contributed by atoms with Crippen LogP contribution in [0.4, 0.5) is 0 Å². The van der Waals surface area contributed by atoms with Crippen LogP contribution in [0, 0.1) is 5.92 Å². The SMILES string of the molecule is COC(=O)[C@@H]1[C@H](c2ccccc2)C[C@H]2CC[C@@H]1N2C. The first-order valence-electron chi connectivity index (χ1n) is 7.07. The van der Waals surface area contributed by atoms with Gasteiger partial charge in [0.05, 0.1) is 13.0 Å². The van der Waals surface area contributed by atoms with E-state index >= 15 is 0 Å². The number of benzene rings is 1. The van der Waals surface area contributed by atoms with Gasteiger partial charge in [0.25, 0.3) is 0 Å². The number of hydrogen-bond acceptors (Lipinski definition) is 3. The Morgan fingerprint density at radius 2 is 2.00 bits per heavy atom. The number of esters is 1. The van der Waals surface area contributed by atoms with Crippen LogP contribution >= 0.6 is 0 Å². The Labute approximate surface area is 114 Å². The topological polar surface area (TPSA) is 29.5 Å². The molecule has 2 bridgehead atoms. The van der Waals surface area contributed by atoms with Crippen molar-refractivity contribution < 1.29 is 9.53 Å². The lowest BCUT2D eigenvalue weighted by Crippen LogP contribution is -2.49. The third kappa shape index (κ3) is 2.06. The molecule has 2 heterocycles. The van der Waals surface area contributed by atoms with Gasteiger partial charge in [-0.2, -0.15) is 0 Å². The molecule has 0 unspecified atom stereocenters. The minimum absolute atomic E-state index is 0.0175. The molecule has 1 aromatic rings. The van der Waals surface area contributed by atoms with Crippen molar-refractivity contribution in [3.63, 3.8) is 0 Å². The van der Waals surface area contributed by atoms with Gasteiger partial charge < -0.3 is 4.74 Å². The summed E-state index contributed by atoms with van der Waals surface area (Å²) in [6.45, 7) is 0. The van der Waals surface area contributed by atoms with Crippen molar-refractivity contribution in [3.8, 4) is 0 Å². The maximum Gasteiger partial charge on any atom is 0.310 e. The number of carbonyl (C=O) groups excluding carboxylic acids is 1. The number of carbonyl (C=O) groups is 1. The standard InChI is InChI=1S/C16H21NO2/c1-17-12-8-9-14(17)15(16(18)19-2)13(10-12)11-6-4-3-5-7-11/h3-7,12-15H,8-10H2,1-2H3/t12-,13+,14+,15-/m1/s1. The van der Waals surface area contributed by atoms with E-state index in [0.29, 0.717) is 18.0 Å². The van der Waals surface area contributed by atoms with E-state index in [9.17, 15) is 4.79 Å². The molecule has 2 saturated heterocycles. The third-order valence-corrected chi connectivity index (χ3v) is 4.97. The highest BCUT2D eigenvalue weighted by molar-refractivity contribution is 5.75. The summed E-state index contributed by atoms with van der Waals surface area (Å²) in [6.07, 6.45) is 3.39. The average molecular weight is 259 g/mol. The lowest BCUT2D eigenvalue weighted by Gasteiger charge is -2.41. The summed E-state index contributed by atoms with van der Waals surface area (Å²) in [4.78, 5) is 14.6. The summed E-state index contributed by atoms with van der Waals surface area (Å²) < 4.78 is 5.07. The predicted octanol–water partition coefficient (Wildman–Crippen LogP) is 2.43. The van der Waals surface area contributed by atoms with Crippen LogP contribution in [0.1, 0.15) is 30.7 Å². The molecule has 4 atom stereocenters. The van der Waals surface area contributed by atoms with Crippen molar-refractivity contribution in [2.75, 3.05) is 14.2 Å². The molecule has 0 radical (unpaired) electrons. The van der Waals surface area contributed by atoms with E-state index in [1.165, 1.54) is 19.1 Å². The summed E-state index contributed by atoms with van der Waals surface area (Å²) in [5.74, 6) is 0.240. The van der Waals surface area contributed by atoms with Crippen LogP contribution in [0.15, 0.2) is 30.3 Å². The van der Waals surface area contributed by atoms with Crippen LogP contribution in [-0.2, 0) is 9.53 Å². The first-order valence-corrected chi connectivity index (χ1v) is 7.07. The summed E-state index contributed by atoms with van der Waals surface area (Å²) >= 11 is 0. The van der Waals surface area contributed by atoms with E-state index in [1.807, 2.05) is 6.07 Å². The molecule has 2 fully saturated rings. The lowest BCUT2D eigenvalue weighted by molar-refractivity contribution is -0.150. The molecule has 0 N–H and O–H groups in total. The lowest BCUT2D eigenvalue weighted by atomic mass is 9.76. The number of piperidine rings is 1. The highest BCUT2D eigenvalue weighted by atomic mass is 16.5. The van der Waals surface area contributed by atoms with Crippen LogP contribution in [0.5, 0.6) is 0 Å². The molecule has 0 spiro atoms. The van der Waals surface area contributed by atoms with Crippen molar-refractivity contribution in [2.24, 2.45) is 5.92 Å². The van der Waals surface area contributed by atoms with E-state index in [1.54, 1.807) is 0 Å². The predicted molar refractivity (Wildman–Crippen MR) is 73.9 cm³/mol. The maximum atomic E-state index is 12.2. The molecule has 0 aromatic heterocycles. The zero-order valence-corrected chi connectivity index (χ0v) is 11.6. The molecule has 3 heteroatoms. The van der Waals surface area contributed by atoms with E-state index < -0.39 is 0 Å². The van der Waals surface area contributed by atoms with Crippen molar-refractivity contribution in [1.82, 2.24) is 4.90 Å². The van der Waals surface area contributed by atoms with Gasteiger partial charge in [-0.05, 0) is 31.9 Å². The van der Waals surface area contributed by atoms with Crippen LogP contribution in [0.2, 0.25) is 0 Å². The highest BCUT2D eigenvalue weighted by Crippen LogP contribution is 2.46. The Bertz CT molecular complexity index is 459. The molecular formula is C16H21NO2. The zero-order valence-electron chi connectivity index (χ0n) is 11.6. The normalized spacial score (nSPS) is 34.2. The van der Waals surface area contributed by atoms with Gasteiger partial charge in [-0.15, -0.1) is 0 Å². The average Bonchev–Trinajstić information content (AvgIpc) is 2.70. The minimum atomic E-state index is -0.0500. The van der Waals surface area contributed by atoms with E-state index in [2.05, 4.69) is 36.2 Å². The van der Waals surface area contributed by atoms with Crippen molar-refractivity contribution in [1.29, 1.82) is 0 Å². The van der Waals surface area contributed by atoms with Crippen LogP contribution in [0.3, 0.4) is 0 Å². The number of methoxy groups -OCH3 is 1. The van der Waals surface area contributed by atoms with Gasteiger partial charge in [0.2, 0.25) is 0 Å². The van der Waals surface area contributed by atoms with Gasteiger partial charge in [0, 0.05) is 18.0 Å². The molecule has 2 aliphatic heterocycles. The number of rotatable bonds is 2. The molecule has 0 amide bonds. The largest absolute Gasteiger partial charge is 0.469 e. The second-order valence-corrected chi connectivity index (χ2v) is 5.77. The highest BCUT2D eigenvalue weighted by Gasteiger charge is 2.49. The third-order valence-electron chi connectivity index (χ3n) is 4.97. The summed E-state index contributed by atoms with van der Waals surface area (Å²) in [7, 11) is 3.66. The van der Waals surface area contributed by atoms with Crippen LogP contribution < -0.4 is 0 Å². The first-order chi connectivity index (χ1) is 9.22. The fraction of sp³-hybridized carbons (Fsp3) is 0.562. The Morgan fingerprint density at radius 1 is 1.26 bits per heavy atom. The zero-order chi connectivity index (χ0) is 13.4. The van der Waals surface area contributed by atoms with Gasteiger partial charge in [-0.25, -0.2) is 0 Å². The monoisotopic (exact) mass is 259 g/mol. The number of ether oxygens (including phenoxy) is 1. The van der Waals surface area contributed by atoms with Crippen molar-refractivity contribution in [2.45, 2.75) is 37.3 Å². The van der Waals surface area contributed by atoms with Gasteiger partial charge in [0.1, 0.15) is 0 Å². The molecule has 2 aliphatic rings. The van der Waals surface area contributed by atoms with E-state index in [0.717, 1.165) is 12.8 Å². The quantitative estimate of drug-likeness (QED) is 0.764. The molecule has 3 rings (SSSR count). The van der Waals surface area contributed by atoms with Crippen molar-refractivity contribution >= 4 is 5.97 Å². The molecule has 0 aliphatic carbocycles. The maximum absolute atomic E-state index is 12.2. The van der Waals surface area contributed by atoms with Gasteiger partial charge in [-0.1, -0.05) is 30.3 Å². The Hall–Kier alpha value is -1.35. The second-order valence-electron chi connectivity index (χ2n) is 5.77. The van der Waals surface area contributed by atoms with Crippen LogP contribution in [0.25, 0.3) is 0 Å². The van der Waals surface area contributed by atoms with Gasteiger partial charge in [-0.3, -0.25) is 9.69 Å². The summed E-state index contributed by atoms with van der Waals surface area (Å²) in [6, 6.07) is 11.4. The Kier molecular flexibility index (Phi) is 3.31. The minimum Gasteiger partial charge on any atom is -0.469 e. The van der Waals surface area contributed by atoms with Gasteiger partial charge >= 0.3 is 5.97 Å². The van der Waals surface area contributed by atoms with Crippen molar-refractivity contribution in [3.05, 3.63) is 35.9 Å². The molecule has 102 valence electrons. The number of hydrogen-bond donors (Lipinski definition) is 0.